The number of hydrogen-bond acceptors (Lipinski definition) is 13. The van der Waals surface area contributed by atoms with Crippen LogP contribution in [0.5, 0.6) is 0 Å². The van der Waals surface area contributed by atoms with Gasteiger partial charge in [0.25, 0.3) is 0 Å². The number of aliphatic hydroxyl groups is 2. The highest BCUT2D eigenvalue weighted by atomic mass is 19.1. The van der Waals surface area contributed by atoms with E-state index in [1.54, 1.807) is 36.4 Å². The molecule has 0 unspecified atom stereocenters. The summed E-state index contributed by atoms with van der Waals surface area (Å²) in [6.07, 6.45) is 8.85. The summed E-state index contributed by atoms with van der Waals surface area (Å²) in [5, 5.41) is 46.9. The molecule has 4 atom stereocenters. The van der Waals surface area contributed by atoms with E-state index in [9.17, 15) is 28.3 Å². The molecule has 6 rings (SSSR count). The van der Waals surface area contributed by atoms with Gasteiger partial charge in [0.2, 0.25) is 0 Å². The van der Waals surface area contributed by atoms with Gasteiger partial charge in [-0.25, -0.2) is 8.78 Å². The van der Waals surface area contributed by atoms with Crippen LogP contribution in [0, 0.1) is 46.1 Å². The standard InChI is InChI=1S/C22H26FN3O3.C16H16FNO3.C6H10N2O.CH4/c23-18-8-6-16(7-9-18)22-13-19(25-29-22)20(27)5-3-1-2-4-11-26-12-10-17(14-24)21(28)15-26;17-13-8-6-12(7-9-13)16-11-14(18-21-16)15(20)5-3-1-2-4-10-19;7-3-5-1-2-8-4-6(5)9;/h6-9,13,17,21,28H,1-5,10-12,15H2;6-11H,1-5H2;5-6,8-9H,1-2,4H2;1H4/t17-,21-;;5-,6-;/m1.0./s1. The fourth-order valence-electron chi connectivity index (χ4n) is 6.58. The zero-order valence-electron chi connectivity index (χ0n) is 33.1. The third-order valence-electron chi connectivity index (χ3n) is 10.2. The number of aliphatic hydroxyl groups excluding tert-OH is 2. The number of aldehydes is 1. The fourth-order valence-corrected chi connectivity index (χ4v) is 6.58. The maximum atomic E-state index is 13.0. The number of nitrogens with zero attached hydrogens (tertiary/aromatic N) is 5. The van der Waals surface area contributed by atoms with Crippen molar-refractivity contribution in [2.75, 3.05) is 32.7 Å². The third kappa shape index (κ3) is 16.3. The molecule has 0 spiro atoms. The Morgan fingerprint density at radius 3 is 1.73 bits per heavy atom. The van der Waals surface area contributed by atoms with Gasteiger partial charge in [0, 0.05) is 55.6 Å². The van der Waals surface area contributed by atoms with Gasteiger partial charge in [-0.05, 0) is 107 Å². The topological polar surface area (TPSA) is 207 Å². The van der Waals surface area contributed by atoms with Crippen molar-refractivity contribution in [3.63, 3.8) is 0 Å². The summed E-state index contributed by atoms with van der Waals surface area (Å²) in [5.41, 5.74) is 1.94. The van der Waals surface area contributed by atoms with Crippen LogP contribution >= 0.6 is 0 Å². The van der Waals surface area contributed by atoms with Gasteiger partial charge in [-0.15, -0.1) is 0 Å². The molecule has 0 amide bonds. The van der Waals surface area contributed by atoms with Crippen molar-refractivity contribution >= 4 is 17.9 Å². The molecule has 0 saturated carbocycles. The van der Waals surface area contributed by atoms with Gasteiger partial charge < -0.3 is 34.3 Å². The first-order valence-electron chi connectivity index (χ1n) is 20.2. The molecular weight excluding hydrogens is 775 g/mol. The molecule has 322 valence electrons. The first-order valence-corrected chi connectivity index (χ1v) is 20.2. The number of halogens is 2. The van der Waals surface area contributed by atoms with Crippen LogP contribution in [0.25, 0.3) is 22.6 Å². The van der Waals surface area contributed by atoms with Gasteiger partial charge in [-0.1, -0.05) is 37.0 Å². The molecule has 15 heteroatoms. The zero-order chi connectivity index (χ0) is 42.4. The minimum Gasteiger partial charge on any atom is -0.390 e. The molecule has 4 heterocycles. The number of hydrogen-bond donors (Lipinski definition) is 3. The fraction of sp³-hybridized carbons (Fsp3) is 0.489. The number of piperidine rings is 2. The van der Waals surface area contributed by atoms with Crippen LogP contribution in [0.4, 0.5) is 8.78 Å². The lowest BCUT2D eigenvalue weighted by atomic mass is 9.95. The van der Waals surface area contributed by atoms with E-state index in [0.29, 0.717) is 60.7 Å². The van der Waals surface area contributed by atoms with Crippen molar-refractivity contribution in [2.24, 2.45) is 11.8 Å². The number of carbonyl (C=O) groups is 3. The Labute approximate surface area is 350 Å². The molecule has 2 fully saturated rings. The van der Waals surface area contributed by atoms with E-state index in [4.69, 9.17) is 24.7 Å². The Hall–Kier alpha value is -5.45. The van der Waals surface area contributed by atoms with Crippen molar-refractivity contribution in [1.29, 1.82) is 10.5 Å². The molecule has 0 radical (unpaired) electrons. The monoisotopic (exact) mass is 830 g/mol. The number of ketones is 2. The smallest absolute Gasteiger partial charge is 0.184 e. The van der Waals surface area contributed by atoms with Crippen LogP contribution in [-0.4, -0.2) is 88.2 Å². The van der Waals surface area contributed by atoms with Gasteiger partial charge in [-0.3, -0.25) is 9.59 Å². The average Bonchev–Trinajstić information content (AvgIpc) is 3.95. The van der Waals surface area contributed by atoms with E-state index in [1.807, 2.05) is 0 Å². The van der Waals surface area contributed by atoms with E-state index >= 15 is 0 Å². The number of nitrogens with one attached hydrogen (secondary N) is 1. The third-order valence-corrected chi connectivity index (χ3v) is 10.2. The normalized spacial score (nSPS) is 18.6. The zero-order valence-corrected chi connectivity index (χ0v) is 33.1. The maximum absolute atomic E-state index is 13.0. The predicted molar refractivity (Wildman–Crippen MR) is 220 cm³/mol. The Bertz CT molecular complexity index is 1970. The predicted octanol–water partition coefficient (Wildman–Crippen LogP) is 7.75. The summed E-state index contributed by atoms with van der Waals surface area (Å²) in [7, 11) is 0. The molecule has 2 aromatic heterocycles. The van der Waals surface area contributed by atoms with Crippen LogP contribution in [0.1, 0.15) is 105 Å². The number of aromatic nitrogens is 2. The minimum atomic E-state index is -0.548. The molecular formula is C45H56F2N6O7. The van der Waals surface area contributed by atoms with Crippen molar-refractivity contribution in [3.05, 3.63) is 83.7 Å². The number of carbonyl (C=O) groups excluding carboxylic acids is 3. The number of Topliss-reactive ketones (excluding diaryl/α,β-unsaturated/α-hetero) is 2. The molecule has 0 bridgehead atoms. The highest BCUT2D eigenvalue weighted by Crippen LogP contribution is 2.23. The molecule has 4 aromatic rings. The van der Waals surface area contributed by atoms with Crippen molar-refractivity contribution in [3.8, 4) is 34.8 Å². The number of rotatable bonds is 17. The van der Waals surface area contributed by atoms with E-state index in [1.165, 1.54) is 24.3 Å². The van der Waals surface area contributed by atoms with Crippen molar-refractivity contribution in [2.45, 2.75) is 96.7 Å². The molecule has 2 aromatic carbocycles. The SMILES string of the molecule is C.N#C[C@@H]1CCNC[C@@H]1O.N#C[C@H]1CCN(CCCCCCC(=O)c2cc(-c3ccc(F)cc3)on2)C[C@H]1O.O=CCCCCCC(=O)c1cc(-c2ccc(F)cc2)on1. The molecule has 13 nitrogen and oxygen atoms in total. The first-order chi connectivity index (χ1) is 28.6. The van der Waals surface area contributed by atoms with Crippen molar-refractivity contribution in [1.82, 2.24) is 20.5 Å². The summed E-state index contributed by atoms with van der Waals surface area (Å²) >= 11 is 0. The van der Waals surface area contributed by atoms with Gasteiger partial charge in [0.1, 0.15) is 29.3 Å². The van der Waals surface area contributed by atoms with Crippen LogP contribution in [0.3, 0.4) is 0 Å². The van der Waals surface area contributed by atoms with Crippen molar-refractivity contribution < 1.29 is 42.4 Å². The van der Waals surface area contributed by atoms with Gasteiger partial charge in [-0.2, -0.15) is 10.5 Å². The largest absolute Gasteiger partial charge is 0.390 e. The summed E-state index contributed by atoms with van der Waals surface area (Å²) in [4.78, 5) is 36.6. The lowest BCUT2D eigenvalue weighted by Crippen LogP contribution is -2.43. The van der Waals surface area contributed by atoms with Gasteiger partial charge >= 0.3 is 0 Å². The average molecular weight is 831 g/mol. The highest BCUT2D eigenvalue weighted by Gasteiger charge is 2.27. The lowest BCUT2D eigenvalue weighted by molar-refractivity contribution is -0.107. The lowest BCUT2D eigenvalue weighted by Gasteiger charge is -2.32. The second kappa shape index (κ2) is 26.6. The second-order valence-electron chi connectivity index (χ2n) is 14.6. The molecule has 2 aliphatic rings. The quantitative estimate of drug-likeness (QED) is 0.0529. The van der Waals surface area contributed by atoms with Gasteiger partial charge in [0.15, 0.2) is 23.1 Å². The highest BCUT2D eigenvalue weighted by molar-refractivity contribution is 5.95. The first kappa shape index (κ1) is 48.9. The summed E-state index contributed by atoms with van der Waals surface area (Å²) in [6, 6.07) is 19.1. The molecule has 2 aliphatic heterocycles. The number of unbranched alkanes of at least 4 members (excludes halogenated alkanes) is 6. The Morgan fingerprint density at radius 1 is 0.767 bits per heavy atom. The van der Waals surface area contributed by atoms with E-state index < -0.39 is 12.2 Å². The summed E-state index contributed by atoms with van der Waals surface area (Å²) in [5.74, 6) is -0.280. The van der Waals surface area contributed by atoms with E-state index in [2.05, 4.69) is 32.7 Å². The van der Waals surface area contributed by atoms with Crippen LogP contribution in [0.2, 0.25) is 0 Å². The van der Waals surface area contributed by atoms with Crippen LogP contribution in [-0.2, 0) is 4.79 Å². The molecule has 2 saturated heterocycles. The number of β-amino-alcohol motifs (C(OH)–C–C–N with tert-alkyl or cyclic N) is 2. The molecule has 3 N–H and O–H groups in total. The Balaban J connectivity index is 0.000000270. The number of benzene rings is 2. The minimum absolute atomic E-state index is 0. The number of likely N-dealkylation sites (tertiary alicyclic amines) is 1. The summed E-state index contributed by atoms with van der Waals surface area (Å²) in [6.45, 7) is 3.76. The second-order valence-corrected chi connectivity index (χ2v) is 14.6. The Morgan fingerprint density at radius 2 is 1.27 bits per heavy atom. The molecule has 0 aliphatic carbocycles. The Kier molecular flexibility index (Phi) is 21.7. The van der Waals surface area contributed by atoms with Crippen LogP contribution in [0.15, 0.2) is 69.7 Å². The van der Waals surface area contributed by atoms with E-state index in [-0.39, 0.29) is 48.2 Å². The molecule has 60 heavy (non-hydrogen) atoms. The van der Waals surface area contributed by atoms with E-state index in [0.717, 1.165) is 83.7 Å². The van der Waals surface area contributed by atoms with Crippen LogP contribution < -0.4 is 5.32 Å². The number of nitriles is 2. The van der Waals surface area contributed by atoms with Gasteiger partial charge in [0.05, 0.1) is 36.2 Å². The summed E-state index contributed by atoms with van der Waals surface area (Å²) < 4.78 is 36.2. The maximum Gasteiger partial charge on any atom is 0.184 e.